The quantitative estimate of drug-likeness (QED) is 0.460. The van der Waals surface area contributed by atoms with Gasteiger partial charge in [-0.3, -0.25) is 0 Å². The minimum atomic E-state index is 0.531. The van der Waals surface area contributed by atoms with Gasteiger partial charge in [0.1, 0.15) is 0 Å². The van der Waals surface area contributed by atoms with Crippen LogP contribution in [0.3, 0.4) is 0 Å². The molecule has 0 heteroatoms. The summed E-state index contributed by atoms with van der Waals surface area (Å²) < 4.78 is 0. The van der Waals surface area contributed by atoms with Crippen molar-refractivity contribution in [3.8, 4) is 0 Å². The monoisotopic (exact) mass is 300 g/mol. The van der Waals surface area contributed by atoms with E-state index in [-0.39, 0.29) is 0 Å². The molecule has 0 aromatic heterocycles. The molecule has 2 aromatic carbocycles. The van der Waals surface area contributed by atoms with Crippen molar-refractivity contribution in [1.29, 1.82) is 0 Å². The van der Waals surface area contributed by atoms with Gasteiger partial charge in [0.2, 0.25) is 0 Å². The predicted octanol–water partition coefficient (Wildman–Crippen LogP) is 6.32. The van der Waals surface area contributed by atoms with E-state index in [0.29, 0.717) is 5.92 Å². The molecule has 0 fully saturated rings. The van der Waals surface area contributed by atoms with Crippen LogP contribution >= 0.6 is 0 Å². The largest absolute Gasteiger partial charge is 0.0998 e. The van der Waals surface area contributed by atoms with Crippen LogP contribution in [0.25, 0.3) is 17.7 Å². The summed E-state index contributed by atoms with van der Waals surface area (Å²) in [4.78, 5) is 0. The molecule has 3 rings (SSSR count). The maximum Gasteiger partial charge on any atom is -0.0123 e. The van der Waals surface area contributed by atoms with Gasteiger partial charge >= 0.3 is 0 Å². The molecule has 1 aliphatic rings. The Bertz CT molecular complexity index is 775. The topological polar surface area (TPSA) is 0 Å². The summed E-state index contributed by atoms with van der Waals surface area (Å²) in [6, 6.07) is 15.0. The Balaban J connectivity index is 2.02. The van der Waals surface area contributed by atoms with Crippen molar-refractivity contribution in [3.05, 3.63) is 89.0 Å². The fourth-order valence-electron chi connectivity index (χ4n) is 3.40. The van der Waals surface area contributed by atoms with Gasteiger partial charge in [0.05, 0.1) is 0 Å². The zero-order chi connectivity index (χ0) is 16.4. The van der Waals surface area contributed by atoms with E-state index in [0.717, 1.165) is 12.8 Å². The lowest BCUT2D eigenvalue weighted by Crippen LogP contribution is -2.15. The number of hydrogen-bond acceptors (Lipinski definition) is 0. The van der Waals surface area contributed by atoms with Gasteiger partial charge in [-0.05, 0) is 66.0 Å². The molecule has 116 valence electrons. The molecule has 0 heterocycles. The van der Waals surface area contributed by atoms with Crippen LogP contribution in [0.1, 0.15) is 41.2 Å². The maximum atomic E-state index is 4.37. The van der Waals surface area contributed by atoms with Gasteiger partial charge in [0, 0.05) is 0 Å². The summed E-state index contributed by atoms with van der Waals surface area (Å²) in [7, 11) is 0. The number of fused-ring (bicyclic) bond motifs is 1. The first-order chi connectivity index (χ1) is 11.1. The van der Waals surface area contributed by atoms with Gasteiger partial charge in [-0.2, -0.15) is 0 Å². The Morgan fingerprint density at radius 2 is 1.78 bits per heavy atom. The molecule has 0 saturated heterocycles. The van der Waals surface area contributed by atoms with E-state index in [1.807, 2.05) is 6.07 Å². The minimum Gasteiger partial charge on any atom is -0.0998 e. The average Bonchev–Trinajstić information content (AvgIpc) is 2.55. The molecular formula is C23H24. The Kier molecular flexibility index (Phi) is 4.34. The van der Waals surface area contributed by atoms with Crippen LogP contribution in [-0.4, -0.2) is 0 Å². The van der Waals surface area contributed by atoms with Crippen LogP contribution in [0.15, 0.2) is 61.2 Å². The zero-order valence-electron chi connectivity index (χ0n) is 14.1. The molecule has 0 bridgehead atoms. The Hall–Kier alpha value is -2.34. The second-order valence-corrected chi connectivity index (χ2v) is 6.63. The standard InChI is InChI=1S/C23H24/c1-16(2)21-14-18(4)23-20(15-21)12-10-17(3)22(23)13-11-19-8-6-5-7-9-19/h5-13,21H,1,4,14-15H2,2-3H3. The van der Waals surface area contributed by atoms with Gasteiger partial charge in [-0.15, -0.1) is 0 Å². The first-order valence-corrected chi connectivity index (χ1v) is 8.25. The van der Waals surface area contributed by atoms with Crippen LogP contribution in [0.5, 0.6) is 0 Å². The molecule has 0 N–H and O–H groups in total. The van der Waals surface area contributed by atoms with Crippen LogP contribution in [-0.2, 0) is 6.42 Å². The van der Waals surface area contributed by atoms with Crippen molar-refractivity contribution in [3.63, 3.8) is 0 Å². The first kappa shape index (κ1) is 15.6. The molecule has 0 aliphatic heterocycles. The van der Waals surface area contributed by atoms with E-state index in [9.17, 15) is 0 Å². The molecule has 0 radical (unpaired) electrons. The van der Waals surface area contributed by atoms with Crippen molar-refractivity contribution in [2.45, 2.75) is 26.7 Å². The predicted molar refractivity (Wildman–Crippen MR) is 102 cm³/mol. The van der Waals surface area contributed by atoms with Gasteiger partial charge in [0.15, 0.2) is 0 Å². The molecule has 1 aliphatic carbocycles. The maximum absolute atomic E-state index is 4.37. The summed E-state index contributed by atoms with van der Waals surface area (Å²) in [5.74, 6) is 0.531. The highest BCUT2D eigenvalue weighted by Crippen LogP contribution is 2.39. The van der Waals surface area contributed by atoms with Crippen molar-refractivity contribution in [1.82, 2.24) is 0 Å². The Morgan fingerprint density at radius 1 is 1.04 bits per heavy atom. The third-order valence-corrected chi connectivity index (χ3v) is 4.80. The summed E-state index contributed by atoms with van der Waals surface area (Å²) >= 11 is 0. The van der Waals surface area contributed by atoms with Crippen LogP contribution in [0, 0.1) is 12.8 Å². The SMILES string of the molecule is C=C1CC(C(=C)C)Cc2ccc(C)c(C=Cc3ccccc3)c21. The lowest BCUT2D eigenvalue weighted by molar-refractivity contribution is 0.612. The van der Waals surface area contributed by atoms with Gasteiger partial charge in [0.25, 0.3) is 0 Å². The van der Waals surface area contributed by atoms with Crippen molar-refractivity contribution >= 4 is 17.7 Å². The molecular weight excluding hydrogens is 276 g/mol. The number of hydrogen-bond donors (Lipinski definition) is 0. The number of aryl methyl sites for hydroxylation is 1. The van der Waals surface area contributed by atoms with Crippen molar-refractivity contribution in [2.75, 3.05) is 0 Å². The normalized spacial score (nSPS) is 17.3. The number of benzene rings is 2. The molecule has 0 saturated carbocycles. The molecule has 1 unspecified atom stereocenters. The van der Waals surface area contributed by atoms with Crippen LogP contribution in [0.4, 0.5) is 0 Å². The summed E-state index contributed by atoms with van der Waals surface area (Å²) in [6.07, 6.45) is 6.55. The molecule has 2 aromatic rings. The summed E-state index contributed by atoms with van der Waals surface area (Å²) in [6.45, 7) is 12.8. The lowest BCUT2D eigenvalue weighted by atomic mass is 9.76. The van der Waals surface area contributed by atoms with Crippen molar-refractivity contribution in [2.24, 2.45) is 5.92 Å². The van der Waals surface area contributed by atoms with Gasteiger partial charge < -0.3 is 0 Å². The van der Waals surface area contributed by atoms with Crippen molar-refractivity contribution < 1.29 is 0 Å². The Morgan fingerprint density at radius 3 is 2.48 bits per heavy atom. The van der Waals surface area contributed by atoms with Crippen LogP contribution < -0.4 is 0 Å². The smallest absolute Gasteiger partial charge is 0.0123 e. The Labute approximate surface area is 139 Å². The average molecular weight is 300 g/mol. The third-order valence-electron chi connectivity index (χ3n) is 4.80. The first-order valence-electron chi connectivity index (χ1n) is 8.25. The highest BCUT2D eigenvalue weighted by molar-refractivity contribution is 5.83. The lowest BCUT2D eigenvalue weighted by Gasteiger charge is -2.29. The fourth-order valence-corrected chi connectivity index (χ4v) is 3.40. The second-order valence-electron chi connectivity index (χ2n) is 6.63. The molecule has 0 nitrogen and oxygen atoms in total. The minimum absolute atomic E-state index is 0.531. The second kappa shape index (κ2) is 6.42. The highest BCUT2D eigenvalue weighted by atomic mass is 14.3. The van der Waals surface area contributed by atoms with E-state index < -0.39 is 0 Å². The fraction of sp³-hybridized carbons (Fsp3) is 0.217. The summed E-state index contributed by atoms with van der Waals surface area (Å²) in [5, 5.41) is 0. The number of allylic oxidation sites excluding steroid dienone is 2. The molecule has 1 atom stereocenters. The molecule has 23 heavy (non-hydrogen) atoms. The van der Waals surface area contributed by atoms with E-state index in [2.05, 4.69) is 75.6 Å². The molecule has 0 amide bonds. The highest BCUT2D eigenvalue weighted by Gasteiger charge is 2.24. The molecule has 0 spiro atoms. The van der Waals surface area contributed by atoms with Gasteiger partial charge in [-0.25, -0.2) is 0 Å². The van der Waals surface area contributed by atoms with E-state index in [4.69, 9.17) is 0 Å². The summed E-state index contributed by atoms with van der Waals surface area (Å²) in [5.41, 5.74) is 9.13. The zero-order valence-corrected chi connectivity index (χ0v) is 14.1. The van der Waals surface area contributed by atoms with Crippen LogP contribution in [0.2, 0.25) is 0 Å². The van der Waals surface area contributed by atoms with E-state index in [1.54, 1.807) is 0 Å². The van der Waals surface area contributed by atoms with E-state index in [1.165, 1.54) is 39.0 Å². The third kappa shape index (κ3) is 3.22. The van der Waals surface area contributed by atoms with E-state index >= 15 is 0 Å². The van der Waals surface area contributed by atoms with Gasteiger partial charge in [-0.1, -0.05) is 73.3 Å². The number of rotatable bonds is 3.